The van der Waals surface area contributed by atoms with Crippen LogP contribution in [-0.2, 0) is 18.4 Å². The summed E-state index contributed by atoms with van der Waals surface area (Å²) in [6.45, 7) is 7.77. The summed E-state index contributed by atoms with van der Waals surface area (Å²) < 4.78 is 7.85. The van der Waals surface area contributed by atoms with E-state index < -0.39 is 0 Å². The lowest BCUT2D eigenvalue weighted by molar-refractivity contribution is -0.116. The Morgan fingerprint density at radius 1 is 1.18 bits per heavy atom. The quantitative estimate of drug-likeness (QED) is 0.271. The summed E-state index contributed by atoms with van der Waals surface area (Å²) in [5.41, 5.74) is 13.9. The fourth-order valence-corrected chi connectivity index (χ4v) is 4.82. The van der Waals surface area contributed by atoms with Gasteiger partial charge in [0.25, 0.3) is 0 Å². The highest BCUT2D eigenvalue weighted by Gasteiger charge is 2.24. The second-order valence-corrected chi connectivity index (χ2v) is 9.35. The van der Waals surface area contributed by atoms with Gasteiger partial charge < -0.3 is 20.4 Å². The molecule has 5 aromatic rings. The van der Waals surface area contributed by atoms with Crippen LogP contribution in [-0.4, -0.2) is 25.4 Å². The topological polar surface area (TPSA) is 132 Å². The fraction of sp³-hybridized carbons (Fsp3) is 0.129. The molecule has 2 aromatic carbocycles. The molecule has 0 saturated carbocycles. The Kier molecular flexibility index (Phi) is 7.00. The van der Waals surface area contributed by atoms with Gasteiger partial charge in [-0.15, -0.1) is 0 Å². The summed E-state index contributed by atoms with van der Waals surface area (Å²) in [5, 5.41) is 13.4. The van der Waals surface area contributed by atoms with Gasteiger partial charge in [-0.1, -0.05) is 36.9 Å². The number of nitrogens with one attached hydrogen (secondary N) is 1. The number of hydrogen-bond acceptors (Lipinski definition) is 7. The summed E-state index contributed by atoms with van der Waals surface area (Å²) in [4.78, 5) is 24.4. The van der Waals surface area contributed by atoms with Gasteiger partial charge in [0.15, 0.2) is 0 Å². The molecule has 40 heavy (non-hydrogen) atoms. The average molecular weight is 530 g/mol. The predicted octanol–water partition coefficient (Wildman–Crippen LogP) is 5.36. The predicted molar refractivity (Wildman–Crippen MR) is 154 cm³/mol. The van der Waals surface area contributed by atoms with Gasteiger partial charge in [-0.3, -0.25) is 4.79 Å². The molecule has 9 nitrogen and oxygen atoms in total. The van der Waals surface area contributed by atoms with E-state index >= 15 is 0 Å². The molecule has 3 heterocycles. The van der Waals surface area contributed by atoms with Crippen molar-refractivity contribution in [1.82, 2.24) is 24.8 Å². The lowest BCUT2D eigenvalue weighted by Crippen LogP contribution is -2.19. The molecular weight excluding hydrogens is 502 g/mol. The first kappa shape index (κ1) is 26.1. The first-order chi connectivity index (χ1) is 19.3. The molecule has 0 spiro atoms. The molecule has 0 bridgehead atoms. The van der Waals surface area contributed by atoms with Crippen LogP contribution in [0.5, 0.6) is 11.8 Å². The number of nitrogens with two attached hydrogens (primary N) is 1. The van der Waals surface area contributed by atoms with Crippen LogP contribution in [0.1, 0.15) is 22.4 Å². The molecule has 5 rings (SSSR count). The highest BCUT2D eigenvalue weighted by molar-refractivity contribution is 6.11. The third-order valence-corrected chi connectivity index (χ3v) is 6.68. The number of ether oxygens (including phenoxy) is 1. The number of rotatable bonds is 7. The Labute approximate surface area is 231 Å². The fourth-order valence-electron chi connectivity index (χ4n) is 4.82. The Morgan fingerprint density at radius 2 is 1.95 bits per heavy atom. The van der Waals surface area contributed by atoms with Gasteiger partial charge >= 0.3 is 6.01 Å². The number of anilines is 1. The zero-order valence-electron chi connectivity index (χ0n) is 22.4. The van der Waals surface area contributed by atoms with E-state index in [1.165, 1.54) is 12.3 Å². The number of nitriles is 1. The monoisotopic (exact) mass is 529 g/mol. The zero-order valence-corrected chi connectivity index (χ0v) is 22.4. The van der Waals surface area contributed by atoms with Crippen molar-refractivity contribution in [2.24, 2.45) is 7.05 Å². The Balaban J connectivity index is 1.65. The molecule has 1 amide bonds. The van der Waals surface area contributed by atoms with Crippen molar-refractivity contribution >= 4 is 22.6 Å². The number of fused-ring (bicyclic) bond motifs is 1. The van der Waals surface area contributed by atoms with Gasteiger partial charge in [-0.05, 0) is 54.8 Å². The van der Waals surface area contributed by atoms with E-state index in [1.54, 1.807) is 12.3 Å². The summed E-state index contributed by atoms with van der Waals surface area (Å²) in [5.74, 6) is 0.689. The number of carbonyl (C=O) groups is 1. The van der Waals surface area contributed by atoms with E-state index in [2.05, 4.69) is 32.9 Å². The van der Waals surface area contributed by atoms with E-state index in [-0.39, 0.29) is 11.9 Å². The van der Waals surface area contributed by atoms with E-state index in [9.17, 15) is 10.1 Å². The second-order valence-electron chi connectivity index (χ2n) is 9.35. The number of nitrogens with zero attached hydrogens (tertiary/aromatic N) is 5. The van der Waals surface area contributed by atoms with Gasteiger partial charge in [0.05, 0.1) is 22.2 Å². The number of benzene rings is 2. The Hall–Kier alpha value is -5.49. The molecule has 3 N–H and O–H groups in total. The maximum Gasteiger partial charge on any atom is 0.322 e. The molecule has 0 atom stereocenters. The molecule has 9 heteroatoms. The third-order valence-electron chi connectivity index (χ3n) is 6.68. The summed E-state index contributed by atoms with van der Waals surface area (Å²) >= 11 is 0. The van der Waals surface area contributed by atoms with Crippen LogP contribution in [0.2, 0.25) is 0 Å². The van der Waals surface area contributed by atoms with Crippen molar-refractivity contribution in [3.8, 4) is 40.2 Å². The number of nitrogen functional groups attached to an aromatic ring is 1. The molecule has 0 fully saturated rings. The van der Waals surface area contributed by atoms with Crippen LogP contribution in [0.25, 0.3) is 33.3 Å². The smallest absolute Gasteiger partial charge is 0.322 e. The number of amides is 1. The normalized spacial score (nSPS) is 10.8. The minimum absolute atomic E-state index is 0.230. The standard InChI is InChI=1S/C31H27N7O2/c1-5-25(39)35-16-20-6-11-24(18(2)14-20)29-26(27-28(38(29)4)22(15-32)17-36-30(27)33)21-7-9-23(10-8-21)40-31-34-13-12-19(3)37-31/h5-14,17H,1,16H2,2-4H3,(H2,33,36)(H,35,39). The largest absolute Gasteiger partial charge is 0.424 e. The van der Waals surface area contributed by atoms with Crippen LogP contribution < -0.4 is 15.8 Å². The molecule has 0 unspecified atom stereocenters. The van der Waals surface area contributed by atoms with Crippen molar-refractivity contribution in [2.75, 3.05) is 5.73 Å². The van der Waals surface area contributed by atoms with Crippen LogP contribution in [0.3, 0.4) is 0 Å². The van der Waals surface area contributed by atoms with Gasteiger partial charge in [0, 0.05) is 42.8 Å². The summed E-state index contributed by atoms with van der Waals surface area (Å²) in [7, 11) is 1.92. The van der Waals surface area contributed by atoms with E-state index in [0.29, 0.717) is 34.6 Å². The number of carbonyl (C=O) groups excluding carboxylic acids is 1. The molecule has 0 aliphatic heterocycles. The molecular formula is C31H27N7O2. The molecule has 0 saturated heterocycles. The first-order valence-corrected chi connectivity index (χ1v) is 12.6. The first-order valence-electron chi connectivity index (χ1n) is 12.6. The highest BCUT2D eigenvalue weighted by Crippen LogP contribution is 2.44. The average Bonchev–Trinajstić information content (AvgIpc) is 3.26. The van der Waals surface area contributed by atoms with Gasteiger partial charge in [0.1, 0.15) is 17.6 Å². The minimum Gasteiger partial charge on any atom is -0.424 e. The Morgan fingerprint density at radius 3 is 2.62 bits per heavy atom. The van der Waals surface area contributed by atoms with Crippen molar-refractivity contribution in [3.05, 3.63) is 96.0 Å². The lowest BCUT2D eigenvalue weighted by atomic mass is 9.95. The number of hydrogen-bond donors (Lipinski definition) is 2. The third kappa shape index (κ3) is 4.86. The van der Waals surface area contributed by atoms with E-state index in [0.717, 1.165) is 39.2 Å². The van der Waals surface area contributed by atoms with Crippen molar-refractivity contribution in [3.63, 3.8) is 0 Å². The van der Waals surface area contributed by atoms with Crippen molar-refractivity contribution in [1.29, 1.82) is 5.26 Å². The molecule has 198 valence electrons. The maximum absolute atomic E-state index is 11.6. The minimum atomic E-state index is -0.230. The number of aryl methyl sites for hydroxylation is 3. The number of aromatic nitrogens is 4. The molecule has 0 aliphatic carbocycles. The van der Waals surface area contributed by atoms with Crippen LogP contribution in [0.4, 0.5) is 5.82 Å². The van der Waals surface area contributed by atoms with E-state index in [4.69, 9.17) is 10.5 Å². The van der Waals surface area contributed by atoms with Crippen LogP contribution in [0.15, 0.2) is 73.6 Å². The highest BCUT2D eigenvalue weighted by atomic mass is 16.5. The lowest BCUT2D eigenvalue weighted by Gasteiger charge is -2.14. The molecule has 0 aliphatic rings. The SMILES string of the molecule is C=CC(=O)NCc1ccc(-c2c(-c3ccc(Oc4nccc(C)n4)cc3)c3c(N)ncc(C#N)c3n2C)c(C)c1. The molecule has 0 radical (unpaired) electrons. The summed E-state index contributed by atoms with van der Waals surface area (Å²) in [6.07, 6.45) is 4.40. The second kappa shape index (κ2) is 10.7. The van der Waals surface area contributed by atoms with E-state index in [1.807, 2.05) is 67.9 Å². The van der Waals surface area contributed by atoms with Crippen molar-refractivity contribution < 1.29 is 9.53 Å². The van der Waals surface area contributed by atoms with Crippen LogP contribution in [0, 0.1) is 25.2 Å². The molecule has 3 aromatic heterocycles. The van der Waals surface area contributed by atoms with Crippen molar-refractivity contribution in [2.45, 2.75) is 20.4 Å². The zero-order chi connectivity index (χ0) is 28.4. The van der Waals surface area contributed by atoms with Gasteiger partial charge in [0.2, 0.25) is 5.91 Å². The Bertz CT molecular complexity index is 1820. The van der Waals surface area contributed by atoms with Crippen LogP contribution >= 0.6 is 0 Å². The number of pyridine rings is 1. The van der Waals surface area contributed by atoms with Gasteiger partial charge in [-0.2, -0.15) is 5.26 Å². The maximum atomic E-state index is 11.6. The summed E-state index contributed by atoms with van der Waals surface area (Å²) in [6, 6.07) is 17.9. The van der Waals surface area contributed by atoms with Gasteiger partial charge in [-0.25, -0.2) is 15.0 Å².